The standard InChI is InChI=1S/C32H42O10/c1-5-26(33)15-9-8-10-23-41-31-25(17-19-30(36)37-4)16-18-27(38-20-11-12-21-39-28(34)6-2)32(31)42-24-14-13-22-40-29(35)7-3/h5-7,16-19H,1-3,8-15,20-24H2,4H3. The quantitative estimate of drug-likeness (QED) is 0.0678. The number of esters is 3. The van der Waals surface area contributed by atoms with Crippen LogP contribution in [0.15, 0.2) is 56.2 Å². The van der Waals surface area contributed by atoms with Gasteiger partial charge in [0.05, 0.1) is 40.1 Å². The molecule has 0 unspecified atom stereocenters. The van der Waals surface area contributed by atoms with E-state index in [0.29, 0.717) is 81.0 Å². The summed E-state index contributed by atoms with van der Waals surface area (Å²) in [5.74, 6) is -0.279. The summed E-state index contributed by atoms with van der Waals surface area (Å²) in [7, 11) is 1.29. The van der Waals surface area contributed by atoms with Crippen molar-refractivity contribution in [2.24, 2.45) is 0 Å². The number of allylic oxidation sites excluding steroid dienone is 1. The Hall–Kier alpha value is -4.34. The third kappa shape index (κ3) is 15.4. The molecule has 0 spiro atoms. The number of ketones is 1. The highest BCUT2D eigenvalue weighted by atomic mass is 16.5. The van der Waals surface area contributed by atoms with E-state index in [2.05, 4.69) is 19.7 Å². The van der Waals surface area contributed by atoms with Crippen LogP contribution in [0.5, 0.6) is 17.2 Å². The first-order chi connectivity index (χ1) is 20.4. The van der Waals surface area contributed by atoms with Crippen LogP contribution in [0.3, 0.4) is 0 Å². The lowest BCUT2D eigenvalue weighted by Gasteiger charge is -2.19. The average molecular weight is 587 g/mol. The minimum absolute atomic E-state index is 0.00446. The molecule has 0 atom stereocenters. The van der Waals surface area contributed by atoms with Crippen molar-refractivity contribution in [3.8, 4) is 17.2 Å². The fraction of sp³-hybridized carbons (Fsp3) is 0.438. The molecule has 0 saturated heterocycles. The molecule has 1 rings (SSSR count). The Morgan fingerprint density at radius 1 is 0.643 bits per heavy atom. The van der Waals surface area contributed by atoms with Gasteiger partial charge in [-0.25, -0.2) is 14.4 Å². The summed E-state index contributed by atoms with van der Waals surface area (Å²) < 4.78 is 33.0. The minimum atomic E-state index is -0.526. The number of methoxy groups -OCH3 is 1. The molecule has 1 aromatic carbocycles. The first kappa shape index (κ1) is 35.7. The lowest BCUT2D eigenvalue weighted by atomic mass is 10.1. The minimum Gasteiger partial charge on any atom is -0.490 e. The van der Waals surface area contributed by atoms with E-state index in [1.807, 2.05) is 0 Å². The van der Waals surface area contributed by atoms with Gasteiger partial charge in [-0.3, -0.25) is 4.79 Å². The molecule has 230 valence electrons. The molecule has 0 N–H and O–H groups in total. The molecule has 0 amide bonds. The normalized spacial score (nSPS) is 10.4. The van der Waals surface area contributed by atoms with E-state index in [-0.39, 0.29) is 25.6 Å². The summed E-state index contributed by atoms with van der Waals surface area (Å²) in [5, 5.41) is 0. The Labute approximate surface area is 247 Å². The third-order valence-corrected chi connectivity index (χ3v) is 5.65. The molecular formula is C32H42O10. The Morgan fingerprint density at radius 3 is 1.76 bits per heavy atom. The van der Waals surface area contributed by atoms with Crippen molar-refractivity contribution >= 4 is 29.8 Å². The van der Waals surface area contributed by atoms with E-state index < -0.39 is 17.9 Å². The van der Waals surface area contributed by atoms with E-state index >= 15 is 0 Å². The summed E-state index contributed by atoms with van der Waals surface area (Å²) in [4.78, 5) is 45.7. The fourth-order valence-electron chi connectivity index (χ4n) is 3.40. The highest BCUT2D eigenvalue weighted by molar-refractivity contribution is 5.89. The number of hydrogen-bond acceptors (Lipinski definition) is 10. The van der Waals surface area contributed by atoms with Gasteiger partial charge in [0, 0.05) is 30.2 Å². The first-order valence-corrected chi connectivity index (χ1v) is 13.9. The van der Waals surface area contributed by atoms with Crippen LogP contribution in [0, 0.1) is 0 Å². The van der Waals surface area contributed by atoms with Crippen LogP contribution < -0.4 is 14.2 Å². The topological polar surface area (TPSA) is 124 Å². The van der Waals surface area contributed by atoms with E-state index in [9.17, 15) is 19.2 Å². The van der Waals surface area contributed by atoms with Crippen LogP contribution >= 0.6 is 0 Å². The maximum absolute atomic E-state index is 11.8. The largest absolute Gasteiger partial charge is 0.490 e. The van der Waals surface area contributed by atoms with Gasteiger partial charge in [-0.2, -0.15) is 0 Å². The Kier molecular flexibility index (Phi) is 19.0. The van der Waals surface area contributed by atoms with Crippen molar-refractivity contribution in [2.45, 2.75) is 51.4 Å². The van der Waals surface area contributed by atoms with Crippen LogP contribution in [0.1, 0.15) is 56.9 Å². The second kappa shape index (κ2) is 22.4. The highest BCUT2D eigenvalue weighted by Gasteiger charge is 2.18. The maximum Gasteiger partial charge on any atom is 0.330 e. The second-order valence-corrected chi connectivity index (χ2v) is 8.85. The van der Waals surface area contributed by atoms with Gasteiger partial charge in [0.1, 0.15) is 0 Å². The predicted octanol–water partition coefficient (Wildman–Crippen LogP) is 5.34. The Bertz CT molecular complexity index is 1070. The number of carbonyl (C=O) groups excluding carboxylic acids is 4. The first-order valence-electron chi connectivity index (χ1n) is 13.9. The molecule has 0 aromatic heterocycles. The summed E-state index contributed by atoms with van der Waals surface area (Å²) in [6.45, 7) is 11.7. The van der Waals surface area contributed by atoms with Crippen molar-refractivity contribution in [1.29, 1.82) is 0 Å². The Morgan fingerprint density at radius 2 is 1.19 bits per heavy atom. The smallest absolute Gasteiger partial charge is 0.330 e. The number of unbranched alkanes of at least 4 members (excludes halogenated alkanes) is 4. The molecule has 0 bridgehead atoms. The van der Waals surface area contributed by atoms with E-state index in [1.54, 1.807) is 18.2 Å². The van der Waals surface area contributed by atoms with Gasteiger partial charge in [0.2, 0.25) is 5.75 Å². The summed E-state index contributed by atoms with van der Waals surface area (Å²) >= 11 is 0. The number of benzene rings is 1. The van der Waals surface area contributed by atoms with Crippen LogP contribution in [-0.4, -0.2) is 63.8 Å². The zero-order valence-corrected chi connectivity index (χ0v) is 24.4. The molecule has 0 aliphatic heterocycles. The summed E-state index contributed by atoms with van der Waals surface area (Å²) in [5.41, 5.74) is 0.584. The molecular weight excluding hydrogens is 544 g/mol. The third-order valence-electron chi connectivity index (χ3n) is 5.65. The zero-order valence-electron chi connectivity index (χ0n) is 24.4. The molecule has 0 radical (unpaired) electrons. The molecule has 0 aliphatic carbocycles. The molecule has 10 heteroatoms. The van der Waals surface area contributed by atoms with E-state index in [1.165, 1.54) is 19.3 Å². The fourth-order valence-corrected chi connectivity index (χ4v) is 3.40. The van der Waals surface area contributed by atoms with Crippen LogP contribution in [0.4, 0.5) is 0 Å². The number of ether oxygens (including phenoxy) is 6. The van der Waals surface area contributed by atoms with Gasteiger partial charge in [-0.15, -0.1) is 0 Å². The van der Waals surface area contributed by atoms with Crippen LogP contribution in [0.25, 0.3) is 6.08 Å². The lowest BCUT2D eigenvalue weighted by Crippen LogP contribution is -2.09. The lowest BCUT2D eigenvalue weighted by molar-refractivity contribution is -0.138. The molecule has 1 aromatic rings. The van der Waals surface area contributed by atoms with Crippen molar-refractivity contribution in [1.82, 2.24) is 0 Å². The second-order valence-electron chi connectivity index (χ2n) is 8.85. The van der Waals surface area contributed by atoms with Crippen molar-refractivity contribution < 1.29 is 47.6 Å². The predicted molar refractivity (Wildman–Crippen MR) is 158 cm³/mol. The van der Waals surface area contributed by atoms with Gasteiger partial charge < -0.3 is 28.4 Å². The average Bonchev–Trinajstić information content (AvgIpc) is 3.01. The summed E-state index contributed by atoms with van der Waals surface area (Å²) in [6.07, 6.45) is 11.4. The SMILES string of the molecule is C=CC(=O)CCCCCOc1c(C=CC(=O)OC)ccc(OCCCCOC(=O)C=C)c1OCCCCOC(=O)C=C. The number of hydrogen-bond donors (Lipinski definition) is 0. The monoisotopic (exact) mass is 586 g/mol. The van der Waals surface area contributed by atoms with Crippen molar-refractivity contribution in [2.75, 3.05) is 40.1 Å². The zero-order chi connectivity index (χ0) is 31.0. The molecule has 0 fully saturated rings. The highest BCUT2D eigenvalue weighted by Crippen LogP contribution is 2.41. The molecule has 0 aliphatic rings. The van der Waals surface area contributed by atoms with Gasteiger partial charge >= 0.3 is 17.9 Å². The maximum atomic E-state index is 11.8. The molecule has 10 nitrogen and oxygen atoms in total. The molecule has 42 heavy (non-hydrogen) atoms. The van der Waals surface area contributed by atoms with Gasteiger partial charge in [0.15, 0.2) is 17.3 Å². The van der Waals surface area contributed by atoms with Crippen molar-refractivity contribution in [3.63, 3.8) is 0 Å². The number of rotatable bonds is 24. The van der Waals surface area contributed by atoms with Crippen LogP contribution in [-0.2, 0) is 33.4 Å². The van der Waals surface area contributed by atoms with E-state index in [0.717, 1.165) is 18.6 Å². The van der Waals surface area contributed by atoms with Gasteiger partial charge in [0.25, 0.3) is 0 Å². The van der Waals surface area contributed by atoms with Gasteiger partial charge in [-0.1, -0.05) is 19.7 Å². The number of carbonyl (C=O) groups is 4. The Balaban J connectivity index is 3.04. The van der Waals surface area contributed by atoms with Crippen LogP contribution in [0.2, 0.25) is 0 Å². The molecule has 0 saturated carbocycles. The van der Waals surface area contributed by atoms with Crippen molar-refractivity contribution in [3.05, 3.63) is 61.7 Å². The van der Waals surface area contributed by atoms with E-state index in [4.69, 9.17) is 28.4 Å². The summed E-state index contributed by atoms with van der Waals surface area (Å²) in [6, 6.07) is 3.48. The molecule has 0 heterocycles. The van der Waals surface area contributed by atoms with Gasteiger partial charge in [-0.05, 0) is 69.2 Å².